The first-order valence-corrected chi connectivity index (χ1v) is 11.9. The Morgan fingerprint density at radius 3 is 2.65 bits per heavy atom. The van der Waals surface area contributed by atoms with E-state index in [1.807, 2.05) is 0 Å². The van der Waals surface area contributed by atoms with Crippen LogP contribution < -0.4 is 16.4 Å². The number of aryl methyl sites for hydroxylation is 1. The molecule has 0 radical (unpaired) electrons. The molecule has 9 nitrogen and oxygen atoms in total. The lowest BCUT2D eigenvalue weighted by molar-refractivity contribution is 0.0334. The molecule has 1 saturated heterocycles. The molecule has 0 spiro atoms. The molecule has 1 aliphatic heterocycles. The maximum Gasteiger partial charge on any atom is 0.323 e. The molecule has 0 saturated carbocycles. The first kappa shape index (κ1) is 24.9. The lowest BCUT2D eigenvalue weighted by atomic mass is 10.0. The SMILES string of the molecule is Cc1cc(NC(=O)Nc2cc(F)c(-c3cc(CN4CCOCC4)n4ncnc(N)c34)cc2F)ccc1Cl. The van der Waals surface area contributed by atoms with Crippen LogP contribution >= 0.6 is 11.6 Å². The highest BCUT2D eigenvalue weighted by Gasteiger charge is 2.22. The summed E-state index contributed by atoms with van der Waals surface area (Å²) in [6.45, 7) is 5.03. The molecular weight excluding hydrogens is 504 g/mol. The van der Waals surface area contributed by atoms with E-state index in [4.69, 9.17) is 22.1 Å². The molecule has 37 heavy (non-hydrogen) atoms. The summed E-state index contributed by atoms with van der Waals surface area (Å²) in [6, 6.07) is 7.87. The van der Waals surface area contributed by atoms with Crippen LogP contribution in [0.3, 0.4) is 0 Å². The summed E-state index contributed by atoms with van der Waals surface area (Å²) in [5.74, 6) is -1.42. The summed E-state index contributed by atoms with van der Waals surface area (Å²) >= 11 is 6.00. The Labute approximate surface area is 216 Å². The van der Waals surface area contributed by atoms with E-state index in [2.05, 4.69) is 25.6 Å². The zero-order valence-electron chi connectivity index (χ0n) is 19.9. The molecule has 4 aromatic rings. The van der Waals surface area contributed by atoms with Gasteiger partial charge in [-0.3, -0.25) is 4.90 Å². The number of rotatable bonds is 5. The molecule has 1 aliphatic rings. The highest BCUT2D eigenvalue weighted by Crippen LogP contribution is 2.35. The number of nitrogens with zero attached hydrogens (tertiary/aromatic N) is 4. The molecule has 5 rings (SSSR count). The normalized spacial score (nSPS) is 14.2. The summed E-state index contributed by atoms with van der Waals surface area (Å²) in [4.78, 5) is 18.6. The van der Waals surface area contributed by atoms with Gasteiger partial charge in [-0.15, -0.1) is 0 Å². The van der Waals surface area contributed by atoms with Gasteiger partial charge in [-0.1, -0.05) is 11.6 Å². The van der Waals surface area contributed by atoms with Gasteiger partial charge in [-0.25, -0.2) is 23.1 Å². The number of hydrogen-bond donors (Lipinski definition) is 3. The third-order valence-corrected chi connectivity index (χ3v) is 6.58. The van der Waals surface area contributed by atoms with E-state index in [1.54, 1.807) is 35.7 Å². The van der Waals surface area contributed by atoms with Crippen LogP contribution in [0.25, 0.3) is 16.6 Å². The third kappa shape index (κ3) is 5.19. The summed E-state index contributed by atoms with van der Waals surface area (Å²) in [7, 11) is 0. The zero-order chi connectivity index (χ0) is 26.1. The molecule has 0 bridgehead atoms. The summed E-state index contributed by atoms with van der Waals surface area (Å²) in [5, 5.41) is 9.77. The van der Waals surface area contributed by atoms with Crippen LogP contribution in [0.4, 0.5) is 30.8 Å². The van der Waals surface area contributed by atoms with Gasteiger partial charge in [-0.2, -0.15) is 5.10 Å². The number of carbonyl (C=O) groups is 1. The average Bonchev–Trinajstić information content (AvgIpc) is 3.23. The van der Waals surface area contributed by atoms with Crippen molar-refractivity contribution in [2.24, 2.45) is 0 Å². The third-order valence-electron chi connectivity index (χ3n) is 6.16. The molecule has 2 aromatic heterocycles. The number of benzene rings is 2. The molecule has 3 heterocycles. The smallest absolute Gasteiger partial charge is 0.323 e. The molecule has 12 heteroatoms. The van der Waals surface area contributed by atoms with Gasteiger partial charge >= 0.3 is 6.03 Å². The quantitative estimate of drug-likeness (QED) is 0.347. The van der Waals surface area contributed by atoms with Gasteiger partial charge in [0.05, 0.1) is 24.6 Å². The van der Waals surface area contributed by atoms with Crippen LogP contribution in [0.5, 0.6) is 0 Å². The Kier molecular flexibility index (Phi) is 6.92. The van der Waals surface area contributed by atoms with E-state index in [0.717, 1.165) is 36.5 Å². The Morgan fingerprint density at radius 1 is 1.11 bits per heavy atom. The minimum atomic E-state index is -0.816. The van der Waals surface area contributed by atoms with Crippen LogP contribution in [-0.2, 0) is 11.3 Å². The Bertz CT molecular complexity index is 1490. The second-order valence-electron chi connectivity index (χ2n) is 8.70. The molecule has 1 fully saturated rings. The Morgan fingerprint density at radius 2 is 1.89 bits per heavy atom. The van der Waals surface area contributed by atoms with Crippen molar-refractivity contribution in [3.63, 3.8) is 0 Å². The van der Waals surface area contributed by atoms with E-state index < -0.39 is 17.7 Å². The van der Waals surface area contributed by atoms with Crippen LogP contribution in [-0.4, -0.2) is 51.8 Å². The van der Waals surface area contributed by atoms with Gasteiger partial charge in [0.25, 0.3) is 0 Å². The number of carbonyl (C=O) groups excluding carboxylic acids is 1. The fourth-order valence-corrected chi connectivity index (χ4v) is 4.41. The van der Waals surface area contributed by atoms with Gasteiger partial charge in [0.2, 0.25) is 0 Å². The predicted octanol–water partition coefficient (Wildman–Crippen LogP) is 4.69. The fourth-order valence-electron chi connectivity index (χ4n) is 4.30. The number of ether oxygens (including phenoxy) is 1. The lowest BCUT2D eigenvalue weighted by Crippen LogP contribution is -2.36. The minimum absolute atomic E-state index is 0.0241. The minimum Gasteiger partial charge on any atom is -0.382 e. The summed E-state index contributed by atoms with van der Waals surface area (Å²) in [5.41, 5.74) is 8.48. The monoisotopic (exact) mass is 527 g/mol. The second-order valence-corrected chi connectivity index (χ2v) is 9.11. The molecule has 0 atom stereocenters. The number of amides is 2. The number of nitrogen functional groups attached to an aromatic ring is 1. The molecule has 0 aliphatic carbocycles. The molecule has 4 N–H and O–H groups in total. The van der Waals surface area contributed by atoms with E-state index in [0.29, 0.717) is 41.5 Å². The first-order chi connectivity index (χ1) is 17.8. The van der Waals surface area contributed by atoms with Gasteiger partial charge in [0.15, 0.2) is 5.82 Å². The highest BCUT2D eigenvalue weighted by molar-refractivity contribution is 6.31. The standard InChI is InChI=1S/C25H24ClF2N7O2/c1-14-8-15(2-3-19(14)26)32-25(36)33-22-11-20(27)17(10-21(22)28)18-9-16(12-34-4-6-37-7-5-34)35-23(18)24(29)30-13-31-35/h2-3,8-11,13H,4-7,12H2,1H3,(H2,29,30,31)(H2,32,33,36). The van der Waals surface area contributed by atoms with Crippen molar-refractivity contribution in [2.75, 3.05) is 42.7 Å². The van der Waals surface area contributed by atoms with Crippen molar-refractivity contribution in [3.8, 4) is 11.1 Å². The van der Waals surface area contributed by atoms with Gasteiger partial charge in [-0.05, 0) is 42.8 Å². The average molecular weight is 528 g/mol. The fraction of sp³-hybridized carbons (Fsp3) is 0.240. The van der Waals surface area contributed by atoms with Crippen molar-refractivity contribution in [2.45, 2.75) is 13.5 Å². The molecular formula is C25H24ClF2N7O2. The molecule has 2 aromatic carbocycles. The summed E-state index contributed by atoms with van der Waals surface area (Å²) < 4.78 is 37.4. The predicted molar refractivity (Wildman–Crippen MR) is 138 cm³/mol. The Balaban J connectivity index is 1.44. The van der Waals surface area contributed by atoms with Crippen LogP contribution in [0.2, 0.25) is 5.02 Å². The topological polar surface area (TPSA) is 110 Å². The number of nitrogens with two attached hydrogens (primary N) is 1. The number of aromatic nitrogens is 3. The van der Waals surface area contributed by atoms with Gasteiger partial charge in [0.1, 0.15) is 23.5 Å². The molecule has 0 unspecified atom stereocenters. The van der Waals surface area contributed by atoms with Gasteiger partial charge < -0.3 is 21.1 Å². The van der Waals surface area contributed by atoms with Crippen molar-refractivity contribution < 1.29 is 18.3 Å². The van der Waals surface area contributed by atoms with Crippen LogP contribution in [0.15, 0.2) is 42.7 Å². The van der Waals surface area contributed by atoms with Gasteiger partial charge in [0, 0.05) is 47.5 Å². The van der Waals surface area contributed by atoms with Crippen molar-refractivity contribution in [1.29, 1.82) is 0 Å². The van der Waals surface area contributed by atoms with E-state index in [-0.39, 0.29) is 17.1 Å². The number of anilines is 3. The maximum atomic E-state index is 15.3. The largest absolute Gasteiger partial charge is 0.382 e. The second kappa shape index (κ2) is 10.3. The maximum absolute atomic E-state index is 15.3. The summed E-state index contributed by atoms with van der Waals surface area (Å²) in [6.07, 6.45) is 1.32. The number of hydrogen-bond acceptors (Lipinski definition) is 6. The van der Waals surface area contributed by atoms with Crippen LogP contribution in [0, 0.1) is 18.6 Å². The molecule has 192 valence electrons. The number of halogens is 3. The van der Waals surface area contributed by atoms with E-state index >= 15 is 8.78 Å². The first-order valence-electron chi connectivity index (χ1n) is 11.5. The van der Waals surface area contributed by atoms with Crippen LogP contribution in [0.1, 0.15) is 11.3 Å². The van der Waals surface area contributed by atoms with Crippen molar-refractivity contribution in [3.05, 3.63) is 70.6 Å². The Hall–Kier alpha value is -3.80. The van der Waals surface area contributed by atoms with E-state index in [1.165, 1.54) is 6.33 Å². The van der Waals surface area contributed by atoms with Crippen molar-refractivity contribution in [1.82, 2.24) is 19.5 Å². The zero-order valence-corrected chi connectivity index (χ0v) is 20.6. The van der Waals surface area contributed by atoms with Crippen molar-refractivity contribution >= 4 is 40.3 Å². The number of morpholine rings is 1. The van der Waals surface area contributed by atoms with E-state index in [9.17, 15) is 4.79 Å². The highest BCUT2D eigenvalue weighted by atomic mass is 35.5. The molecule has 2 amide bonds. The number of nitrogens with one attached hydrogen (secondary N) is 2. The number of fused-ring (bicyclic) bond motifs is 1. The lowest BCUT2D eigenvalue weighted by Gasteiger charge is -2.26. The number of urea groups is 1.